The molecule has 2 rings (SSSR count). The molecule has 2 saturated heterocycles. The molecule has 2 heterocycles. The summed E-state index contributed by atoms with van der Waals surface area (Å²) < 4.78 is 5.34. The Balaban J connectivity index is 2.00. The second kappa shape index (κ2) is 4.42. The lowest BCUT2D eigenvalue weighted by atomic mass is 10.1. The minimum Gasteiger partial charge on any atom is -0.480 e. The molecule has 102 valence electrons. The van der Waals surface area contributed by atoms with Crippen LogP contribution >= 0.6 is 0 Å². The van der Waals surface area contributed by atoms with Crippen LogP contribution in [0.15, 0.2) is 0 Å². The quantitative estimate of drug-likeness (QED) is 0.726. The van der Waals surface area contributed by atoms with Crippen LogP contribution in [0.2, 0.25) is 0 Å². The monoisotopic (exact) mass is 256 g/mol. The number of aliphatic carboxylic acids is 1. The van der Waals surface area contributed by atoms with Crippen LogP contribution in [0.4, 0.5) is 4.79 Å². The van der Waals surface area contributed by atoms with Crippen molar-refractivity contribution in [1.29, 1.82) is 0 Å². The first-order valence-corrected chi connectivity index (χ1v) is 6.26. The summed E-state index contributed by atoms with van der Waals surface area (Å²) in [6.07, 6.45) is 0.898. The van der Waals surface area contributed by atoms with E-state index in [0.29, 0.717) is 13.0 Å². The van der Waals surface area contributed by atoms with Gasteiger partial charge in [0.25, 0.3) is 0 Å². The minimum atomic E-state index is -0.853. The zero-order valence-corrected chi connectivity index (χ0v) is 11.0. The maximum Gasteiger partial charge on any atom is 0.410 e. The minimum absolute atomic E-state index is 0.0547. The summed E-state index contributed by atoms with van der Waals surface area (Å²) in [5, 5.41) is 12.0. The largest absolute Gasteiger partial charge is 0.480 e. The second-order valence-electron chi connectivity index (χ2n) is 5.93. The van der Waals surface area contributed by atoms with Crippen molar-refractivity contribution < 1.29 is 19.4 Å². The van der Waals surface area contributed by atoms with Gasteiger partial charge in [-0.05, 0) is 33.6 Å². The van der Waals surface area contributed by atoms with Crippen LogP contribution < -0.4 is 5.32 Å². The van der Waals surface area contributed by atoms with Gasteiger partial charge in [-0.25, -0.2) is 4.79 Å². The second-order valence-corrected chi connectivity index (χ2v) is 5.93. The van der Waals surface area contributed by atoms with Crippen LogP contribution in [-0.4, -0.2) is 52.3 Å². The highest BCUT2D eigenvalue weighted by Gasteiger charge is 2.46. The van der Waals surface area contributed by atoms with Crippen molar-refractivity contribution in [3.05, 3.63) is 0 Å². The van der Waals surface area contributed by atoms with Gasteiger partial charge in [-0.2, -0.15) is 0 Å². The fraction of sp³-hybridized carbons (Fsp3) is 0.833. The van der Waals surface area contributed by atoms with E-state index in [1.165, 1.54) is 0 Å². The zero-order valence-electron chi connectivity index (χ0n) is 11.0. The molecule has 0 aromatic rings. The Hall–Kier alpha value is -1.30. The molecule has 0 aliphatic carbocycles. The van der Waals surface area contributed by atoms with Crippen molar-refractivity contribution >= 4 is 12.1 Å². The molecule has 0 spiro atoms. The lowest BCUT2D eigenvalue weighted by Gasteiger charge is -2.27. The summed E-state index contributed by atoms with van der Waals surface area (Å²) in [5.74, 6) is -0.853. The van der Waals surface area contributed by atoms with E-state index in [4.69, 9.17) is 9.84 Å². The molecule has 2 aliphatic heterocycles. The lowest BCUT2D eigenvalue weighted by Crippen LogP contribution is -2.41. The number of nitrogens with one attached hydrogen (secondary N) is 1. The molecular weight excluding hydrogens is 236 g/mol. The number of carboxylic acid groups (broad SMARTS) is 1. The fourth-order valence-corrected chi connectivity index (χ4v) is 2.63. The molecule has 6 nitrogen and oxygen atoms in total. The van der Waals surface area contributed by atoms with Crippen molar-refractivity contribution in [2.75, 3.05) is 6.54 Å². The van der Waals surface area contributed by atoms with Crippen molar-refractivity contribution in [2.45, 2.75) is 57.3 Å². The number of ether oxygens (including phenoxy) is 1. The number of carboxylic acids is 1. The first-order chi connectivity index (χ1) is 8.28. The topological polar surface area (TPSA) is 78.9 Å². The number of amides is 1. The highest BCUT2D eigenvalue weighted by molar-refractivity contribution is 5.75. The molecule has 2 N–H and O–H groups in total. The predicted octanol–water partition coefficient (Wildman–Crippen LogP) is 0.811. The number of nitrogens with zero attached hydrogens (tertiary/aromatic N) is 1. The van der Waals surface area contributed by atoms with Gasteiger partial charge < -0.3 is 14.7 Å². The van der Waals surface area contributed by atoms with Gasteiger partial charge >= 0.3 is 12.1 Å². The van der Waals surface area contributed by atoms with Crippen LogP contribution in [0.1, 0.15) is 33.6 Å². The average Bonchev–Trinajstić information content (AvgIpc) is 2.71. The molecule has 0 aromatic carbocycles. The van der Waals surface area contributed by atoms with E-state index in [2.05, 4.69) is 5.32 Å². The standard InChI is InChI=1S/C12H20N2O4/c1-12(2,3)18-11(17)14-5-4-7-9(14)6-8(13-7)10(15)16/h7-9,13H,4-6H2,1-3H3,(H,15,16). The summed E-state index contributed by atoms with van der Waals surface area (Å²) in [5.41, 5.74) is -0.520. The Morgan fingerprint density at radius 2 is 2.06 bits per heavy atom. The summed E-state index contributed by atoms with van der Waals surface area (Å²) >= 11 is 0. The number of likely N-dealkylation sites (tertiary alicyclic amines) is 1. The normalized spacial score (nSPS) is 31.3. The first-order valence-electron chi connectivity index (χ1n) is 6.26. The van der Waals surface area contributed by atoms with E-state index in [1.807, 2.05) is 20.8 Å². The van der Waals surface area contributed by atoms with E-state index in [1.54, 1.807) is 4.90 Å². The highest BCUT2D eigenvalue weighted by Crippen LogP contribution is 2.29. The van der Waals surface area contributed by atoms with Gasteiger partial charge in [0.2, 0.25) is 0 Å². The molecule has 2 fully saturated rings. The van der Waals surface area contributed by atoms with Crippen molar-refractivity contribution in [3.8, 4) is 0 Å². The summed E-state index contributed by atoms with van der Waals surface area (Å²) in [4.78, 5) is 24.6. The summed E-state index contributed by atoms with van der Waals surface area (Å²) in [7, 11) is 0. The predicted molar refractivity (Wildman–Crippen MR) is 64.3 cm³/mol. The molecular formula is C12H20N2O4. The fourth-order valence-electron chi connectivity index (χ4n) is 2.63. The summed E-state index contributed by atoms with van der Waals surface area (Å²) in [6.45, 7) is 6.10. The number of hydrogen-bond acceptors (Lipinski definition) is 4. The number of hydrogen-bond donors (Lipinski definition) is 2. The Morgan fingerprint density at radius 3 is 2.61 bits per heavy atom. The highest BCUT2D eigenvalue weighted by atomic mass is 16.6. The van der Waals surface area contributed by atoms with Crippen LogP contribution in [0, 0.1) is 0 Å². The van der Waals surface area contributed by atoms with Gasteiger partial charge in [-0.15, -0.1) is 0 Å². The van der Waals surface area contributed by atoms with Gasteiger partial charge in [-0.1, -0.05) is 0 Å². The molecule has 1 amide bonds. The van der Waals surface area contributed by atoms with Crippen molar-refractivity contribution in [3.63, 3.8) is 0 Å². The Morgan fingerprint density at radius 1 is 1.39 bits per heavy atom. The smallest absolute Gasteiger partial charge is 0.410 e. The molecule has 0 aromatic heterocycles. The van der Waals surface area contributed by atoms with Crippen molar-refractivity contribution in [2.24, 2.45) is 0 Å². The third-order valence-electron chi connectivity index (χ3n) is 3.36. The molecule has 2 aliphatic rings. The van der Waals surface area contributed by atoms with Gasteiger partial charge in [0.1, 0.15) is 11.6 Å². The molecule has 3 unspecified atom stereocenters. The van der Waals surface area contributed by atoms with Crippen LogP contribution in [0.3, 0.4) is 0 Å². The van der Waals surface area contributed by atoms with Crippen molar-refractivity contribution in [1.82, 2.24) is 10.2 Å². The molecule has 18 heavy (non-hydrogen) atoms. The average molecular weight is 256 g/mol. The van der Waals surface area contributed by atoms with Crippen LogP contribution in [0.5, 0.6) is 0 Å². The maximum absolute atomic E-state index is 12.0. The van der Waals surface area contributed by atoms with Crippen LogP contribution in [0.25, 0.3) is 0 Å². The van der Waals surface area contributed by atoms with E-state index < -0.39 is 17.6 Å². The number of rotatable bonds is 1. The van der Waals surface area contributed by atoms with Crippen LogP contribution in [-0.2, 0) is 9.53 Å². The molecule has 0 bridgehead atoms. The molecule has 6 heteroatoms. The SMILES string of the molecule is CC(C)(C)OC(=O)N1CCC2NC(C(=O)O)CC21. The Labute approximate surface area is 106 Å². The first kappa shape index (κ1) is 13.1. The third-order valence-corrected chi connectivity index (χ3v) is 3.36. The molecule has 0 saturated carbocycles. The van der Waals surface area contributed by atoms with Gasteiger partial charge in [-0.3, -0.25) is 10.1 Å². The van der Waals surface area contributed by atoms with E-state index in [9.17, 15) is 9.59 Å². The number of fused-ring (bicyclic) bond motifs is 1. The molecule has 3 atom stereocenters. The number of carbonyl (C=O) groups excluding carboxylic acids is 1. The molecule has 0 radical (unpaired) electrons. The van der Waals surface area contributed by atoms with E-state index in [-0.39, 0.29) is 18.2 Å². The third kappa shape index (κ3) is 2.58. The van der Waals surface area contributed by atoms with Gasteiger partial charge in [0, 0.05) is 12.6 Å². The summed E-state index contributed by atoms with van der Waals surface area (Å²) in [6, 6.07) is -0.523. The maximum atomic E-state index is 12.0. The lowest BCUT2D eigenvalue weighted by molar-refractivity contribution is -0.139. The van der Waals surface area contributed by atoms with E-state index >= 15 is 0 Å². The zero-order chi connectivity index (χ0) is 13.5. The van der Waals surface area contributed by atoms with E-state index in [0.717, 1.165) is 6.42 Å². The Kier molecular flexibility index (Phi) is 3.23. The van der Waals surface area contributed by atoms with Gasteiger partial charge in [0.15, 0.2) is 0 Å². The number of carbonyl (C=O) groups is 2. The Bertz CT molecular complexity index is 364. The van der Waals surface area contributed by atoms with Gasteiger partial charge in [0.05, 0.1) is 6.04 Å².